The molecule has 0 spiro atoms. The number of rotatable bonds is 3. The van der Waals surface area contributed by atoms with Crippen molar-refractivity contribution in [1.82, 2.24) is 5.32 Å². The number of halogens is 3. The Labute approximate surface area is 107 Å². The van der Waals surface area contributed by atoms with E-state index < -0.39 is 24.2 Å². The minimum atomic E-state index is -4.79. The van der Waals surface area contributed by atoms with Crippen molar-refractivity contribution in [2.45, 2.75) is 12.3 Å². The normalized spacial score (nSPS) is 23.3. The van der Waals surface area contributed by atoms with Crippen molar-refractivity contribution in [2.24, 2.45) is 5.92 Å². The Balaban J connectivity index is 2.31. The lowest BCUT2D eigenvalue weighted by Gasteiger charge is -2.19. The number of nitrogens with one attached hydrogen (secondary N) is 1. The fourth-order valence-corrected chi connectivity index (χ4v) is 2.27. The molecule has 0 saturated carbocycles. The molecular formula is C12H12F3NO3. The molecule has 7 heteroatoms. The highest BCUT2D eigenvalue weighted by Gasteiger charge is 2.38. The van der Waals surface area contributed by atoms with Gasteiger partial charge in [0.2, 0.25) is 0 Å². The Hall–Kier alpha value is -1.76. The number of para-hydroxylation sites is 1. The molecule has 1 saturated heterocycles. The van der Waals surface area contributed by atoms with Crippen molar-refractivity contribution in [2.75, 3.05) is 13.1 Å². The van der Waals surface area contributed by atoms with Gasteiger partial charge < -0.3 is 15.2 Å². The van der Waals surface area contributed by atoms with Crippen LogP contribution in [0.2, 0.25) is 0 Å². The number of carboxylic acid groups (broad SMARTS) is 1. The summed E-state index contributed by atoms with van der Waals surface area (Å²) in [5, 5.41) is 11.9. The smallest absolute Gasteiger partial charge is 0.481 e. The summed E-state index contributed by atoms with van der Waals surface area (Å²) in [4.78, 5) is 11.1. The maximum atomic E-state index is 12.3. The number of ether oxygens (including phenoxy) is 1. The fourth-order valence-electron chi connectivity index (χ4n) is 2.27. The minimum Gasteiger partial charge on any atom is -0.481 e. The second-order valence-electron chi connectivity index (χ2n) is 4.30. The lowest BCUT2D eigenvalue weighted by molar-refractivity contribution is -0.275. The van der Waals surface area contributed by atoms with Crippen LogP contribution in [-0.2, 0) is 4.79 Å². The first kappa shape index (κ1) is 13.7. The van der Waals surface area contributed by atoms with Gasteiger partial charge in [-0.05, 0) is 11.6 Å². The second kappa shape index (κ2) is 5.08. The number of alkyl halides is 3. The van der Waals surface area contributed by atoms with Gasteiger partial charge in [-0.15, -0.1) is 13.2 Å². The summed E-state index contributed by atoms with van der Waals surface area (Å²) in [7, 11) is 0. The summed E-state index contributed by atoms with van der Waals surface area (Å²) in [5.74, 6) is -2.65. The summed E-state index contributed by atoms with van der Waals surface area (Å²) in [6.45, 7) is 0.551. The average molecular weight is 275 g/mol. The fraction of sp³-hybridized carbons (Fsp3) is 0.417. The third kappa shape index (κ3) is 3.17. The molecule has 1 fully saturated rings. The molecule has 1 aromatic rings. The van der Waals surface area contributed by atoms with Gasteiger partial charge >= 0.3 is 12.3 Å². The van der Waals surface area contributed by atoms with Crippen LogP contribution in [0.25, 0.3) is 0 Å². The zero-order valence-corrected chi connectivity index (χ0v) is 9.78. The first-order valence-corrected chi connectivity index (χ1v) is 5.66. The molecule has 0 aliphatic carbocycles. The molecule has 0 aromatic heterocycles. The van der Waals surface area contributed by atoms with Gasteiger partial charge in [0.25, 0.3) is 0 Å². The average Bonchev–Trinajstić information content (AvgIpc) is 2.76. The molecule has 4 nitrogen and oxygen atoms in total. The van der Waals surface area contributed by atoms with E-state index in [1.54, 1.807) is 6.07 Å². The summed E-state index contributed by atoms with van der Waals surface area (Å²) >= 11 is 0. The number of aliphatic carboxylic acids is 1. The monoisotopic (exact) mass is 275 g/mol. The summed E-state index contributed by atoms with van der Waals surface area (Å²) in [5.41, 5.74) is 0.261. The molecule has 19 heavy (non-hydrogen) atoms. The Morgan fingerprint density at radius 2 is 2.00 bits per heavy atom. The molecule has 1 heterocycles. The van der Waals surface area contributed by atoms with Gasteiger partial charge in [0.1, 0.15) is 5.75 Å². The quantitative estimate of drug-likeness (QED) is 0.885. The highest BCUT2D eigenvalue weighted by atomic mass is 19.4. The minimum absolute atomic E-state index is 0.236. The molecule has 0 amide bonds. The van der Waals surface area contributed by atoms with E-state index in [0.29, 0.717) is 6.54 Å². The first-order valence-electron chi connectivity index (χ1n) is 5.66. The Kier molecular flexibility index (Phi) is 3.66. The topological polar surface area (TPSA) is 58.6 Å². The van der Waals surface area contributed by atoms with E-state index in [4.69, 9.17) is 5.11 Å². The molecular weight excluding hydrogens is 263 g/mol. The Morgan fingerprint density at radius 1 is 1.32 bits per heavy atom. The van der Waals surface area contributed by atoms with Gasteiger partial charge in [-0.3, -0.25) is 4.79 Å². The molecule has 0 bridgehead atoms. The van der Waals surface area contributed by atoms with Crippen LogP contribution >= 0.6 is 0 Å². The number of carbonyl (C=O) groups is 1. The maximum Gasteiger partial charge on any atom is 0.573 e. The lowest BCUT2D eigenvalue weighted by atomic mass is 9.88. The van der Waals surface area contributed by atoms with E-state index in [2.05, 4.69) is 10.1 Å². The van der Waals surface area contributed by atoms with Gasteiger partial charge in [-0.1, -0.05) is 18.2 Å². The predicted molar refractivity (Wildman–Crippen MR) is 59.9 cm³/mol. The van der Waals surface area contributed by atoms with E-state index in [1.165, 1.54) is 18.2 Å². The van der Waals surface area contributed by atoms with Crippen molar-refractivity contribution < 1.29 is 27.8 Å². The third-order valence-electron chi connectivity index (χ3n) is 3.08. The summed E-state index contributed by atoms with van der Waals surface area (Å²) in [6.07, 6.45) is -4.79. The zero-order chi connectivity index (χ0) is 14.0. The highest BCUT2D eigenvalue weighted by Crippen LogP contribution is 2.36. The van der Waals surface area contributed by atoms with Crippen molar-refractivity contribution in [1.29, 1.82) is 0 Å². The van der Waals surface area contributed by atoms with Gasteiger partial charge in [0.05, 0.1) is 5.92 Å². The molecule has 2 unspecified atom stereocenters. The van der Waals surface area contributed by atoms with E-state index in [0.717, 1.165) is 0 Å². The molecule has 2 rings (SSSR count). The largest absolute Gasteiger partial charge is 0.573 e. The summed E-state index contributed by atoms with van der Waals surface area (Å²) < 4.78 is 40.9. The van der Waals surface area contributed by atoms with Crippen LogP contribution in [0.5, 0.6) is 5.75 Å². The number of hydrogen-bond acceptors (Lipinski definition) is 3. The van der Waals surface area contributed by atoms with Crippen LogP contribution in [-0.4, -0.2) is 30.5 Å². The highest BCUT2D eigenvalue weighted by molar-refractivity contribution is 5.72. The summed E-state index contributed by atoms with van der Waals surface area (Å²) in [6, 6.07) is 5.65. The standard InChI is InChI=1S/C12H12F3NO3/c13-12(14,15)19-10-4-2-1-3-7(10)8-5-16-6-9(8)11(17)18/h1-4,8-9,16H,5-6H2,(H,17,18). The van der Waals surface area contributed by atoms with Gasteiger partial charge in [0.15, 0.2) is 0 Å². The van der Waals surface area contributed by atoms with E-state index in [-0.39, 0.29) is 17.9 Å². The number of carboxylic acids is 1. The van der Waals surface area contributed by atoms with Gasteiger partial charge in [-0.25, -0.2) is 0 Å². The predicted octanol–water partition coefficient (Wildman–Crippen LogP) is 1.97. The van der Waals surface area contributed by atoms with Crippen molar-refractivity contribution in [3.63, 3.8) is 0 Å². The molecule has 2 atom stereocenters. The van der Waals surface area contributed by atoms with Crippen LogP contribution < -0.4 is 10.1 Å². The van der Waals surface area contributed by atoms with Crippen molar-refractivity contribution in [3.8, 4) is 5.75 Å². The SMILES string of the molecule is O=C(O)C1CNCC1c1ccccc1OC(F)(F)F. The van der Waals surface area contributed by atoms with Crippen LogP contribution in [0.4, 0.5) is 13.2 Å². The second-order valence-corrected chi connectivity index (χ2v) is 4.30. The molecule has 1 aromatic carbocycles. The van der Waals surface area contributed by atoms with E-state index >= 15 is 0 Å². The molecule has 0 radical (unpaired) electrons. The van der Waals surface area contributed by atoms with Crippen LogP contribution in [0.15, 0.2) is 24.3 Å². The van der Waals surface area contributed by atoms with E-state index in [9.17, 15) is 18.0 Å². The number of hydrogen-bond donors (Lipinski definition) is 2. The Bertz CT molecular complexity index is 476. The number of benzene rings is 1. The van der Waals surface area contributed by atoms with E-state index in [1.807, 2.05) is 0 Å². The molecule has 104 valence electrons. The first-order chi connectivity index (χ1) is 8.88. The van der Waals surface area contributed by atoms with Gasteiger partial charge in [0, 0.05) is 19.0 Å². The van der Waals surface area contributed by atoms with Crippen molar-refractivity contribution in [3.05, 3.63) is 29.8 Å². The van der Waals surface area contributed by atoms with Crippen LogP contribution in [0.1, 0.15) is 11.5 Å². The van der Waals surface area contributed by atoms with Crippen LogP contribution in [0.3, 0.4) is 0 Å². The Morgan fingerprint density at radius 3 is 2.63 bits per heavy atom. The van der Waals surface area contributed by atoms with Gasteiger partial charge in [-0.2, -0.15) is 0 Å². The lowest BCUT2D eigenvalue weighted by Crippen LogP contribution is -2.23. The van der Waals surface area contributed by atoms with Crippen LogP contribution in [0, 0.1) is 5.92 Å². The maximum absolute atomic E-state index is 12.3. The van der Waals surface area contributed by atoms with Crippen molar-refractivity contribution >= 4 is 5.97 Å². The molecule has 1 aliphatic heterocycles. The molecule has 2 N–H and O–H groups in total. The zero-order valence-electron chi connectivity index (χ0n) is 9.78. The molecule has 1 aliphatic rings. The third-order valence-corrected chi connectivity index (χ3v) is 3.08.